The van der Waals surface area contributed by atoms with Crippen LogP contribution in [-0.2, 0) is 7.05 Å². The third-order valence-electron chi connectivity index (χ3n) is 2.24. The van der Waals surface area contributed by atoms with Crippen LogP contribution in [0.1, 0.15) is 12.8 Å². The molecule has 1 fully saturated rings. The van der Waals surface area contributed by atoms with Crippen molar-refractivity contribution < 1.29 is 0 Å². The van der Waals surface area contributed by atoms with Gasteiger partial charge in [-0.05, 0) is 23.3 Å². The highest BCUT2D eigenvalue weighted by Gasteiger charge is 2.42. The summed E-state index contributed by atoms with van der Waals surface area (Å²) in [6, 6.07) is 0. The van der Waals surface area contributed by atoms with Crippen molar-refractivity contribution in [2.75, 3.05) is 11.9 Å². The standard InChI is InChI=1S/C6H12N6/c1-12-5(9-10-11-12)8-6(4-7)2-3-6/h2-4,7H2,1H3,(H,8,9,11). The Hall–Kier alpha value is -1.17. The molecule has 0 amide bonds. The third-order valence-corrected chi connectivity index (χ3v) is 2.24. The summed E-state index contributed by atoms with van der Waals surface area (Å²) in [4.78, 5) is 0. The molecule has 6 nitrogen and oxygen atoms in total. The second kappa shape index (κ2) is 2.41. The van der Waals surface area contributed by atoms with E-state index < -0.39 is 0 Å². The van der Waals surface area contributed by atoms with Crippen molar-refractivity contribution in [3.63, 3.8) is 0 Å². The monoisotopic (exact) mass is 168 g/mol. The van der Waals surface area contributed by atoms with Gasteiger partial charge in [-0.25, -0.2) is 4.68 Å². The molecule has 0 aliphatic heterocycles. The number of nitrogens with zero attached hydrogens (tertiary/aromatic N) is 4. The minimum absolute atomic E-state index is 0.0719. The first-order chi connectivity index (χ1) is 5.76. The maximum absolute atomic E-state index is 5.60. The van der Waals surface area contributed by atoms with Crippen LogP contribution in [0.3, 0.4) is 0 Å². The molecule has 1 aliphatic carbocycles. The van der Waals surface area contributed by atoms with Crippen LogP contribution < -0.4 is 11.1 Å². The minimum atomic E-state index is 0.0719. The highest BCUT2D eigenvalue weighted by molar-refractivity contribution is 5.32. The van der Waals surface area contributed by atoms with Gasteiger partial charge in [0, 0.05) is 13.6 Å². The first-order valence-electron chi connectivity index (χ1n) is 3.96. The van der Waals surface area contributed by atoms with Gasteiger partial charge >= 0.3 is 0 Å². The van der Waals surface area contributed by atoms with E-state index in [1.807, 2.05) is 0 Å². The summed E-state index contributed by atoms with van der Waals surface area (Å²) >= 11 is 0. The second-order valence-corrected chi connectivity index (χ2v) is 3.24. The van der Waals surface area contributed by atoms with Gasteiger partial charge in [-0.1, -0.05) is 5.10 Å². The van der Waals surface area contributed by atoms with Crippen molar-refractivity contribution in [1.82, 2.24) is 20.2 Å². The number of nitrogens with one attached hydrogen (secondary N) is 1. The SMILES string of the molecule is Cn1nnnc1NC1(CN)CC1. The molecule has 66 valence electrons. The summed E-state index contributed by atoms with van der Waals surface area (Å²) in [7, 11) is 1.80. The fourth-order valence-electron chi connectivity index (χ4n) is 1.10. The Morgan fingerprint density at radius 1 is 1.67 bits per heavy atom. The van der Waals surface area contributed by atoms with Crippen LogP contribution in [0.25, 0.3) is 0 Å². The van der Waals surface area contributed by atoms with Crippen LogP contribution in [0.5, 0.6) is 0 Å². The molecule has 1 aromatic rings. The lowest BCUT2D eigenvalue weighted by molar-refractivity contribution is 0.684. The van der Waals surface area contributed by atoms with Gasteiger partial charge in [-0.3, -0.25) is 0 Å². The zero-order valence-corrected chi connectivity index (χ0v) is 6.99. The van der Waals surface area contributed by atoms with Gasteiger partial charge in [0.2, 0.25) is 5.95 Å². The van der Waals surface area contributed by atoms with Crippen molar-refractivity contribution in [3.8, 4) is 0 Å². The molecule has 0 bridgehead atoms. The zero-order chi connectivity index (χ0) is 8.60. The van der Waals surface area contributed by atoms with Gasteiger partial charge in [0.25, 0.3) is 0 Å². The van der Waals surface area contributed by atoms with Crippen LogP contribution >= 0.6 is 0 Å². The third kappa shape index (κ3) is 1.14. The van der Waals surface area contributed by atoms with E-state index in [-0.39, 0.29) is 5.54 Å². The molecule has 1 aliphatic rings. The molecule has 0 aromatic carbocycles. The van der Waals surface area contributed by atoms with E-state index in [1.165, 1.54) is 0 Å². The Labute approximate surface area is 70.1 Å². The molecule has 0 spiro atoms. The molecule has 0 unspecified atom stereocenters. The largest absolute Gasteiger partial charge is 0.346 e. The molecule has 2 rings (SSSR count). The van der Waals surface area contributed by atoms with Gasteiger partial charge in [0.1, 0.15) is 0 Å². The Balaban J connectivity index is 2.08. The van der Waals surface area contributed by atoms with Crippen molar-refractivity contribution in [1.29, 1.82) is 0 Å². The number of rotatable bonds is 3. The number of aryl methyl sites for hydroxylation is 1. The molecule has 1 saturated carbocycles. The van der Waals surface area contributed by atoms with Gasteiger partial charge in [0.05, 0.1) is 5.54 Å². The molecule has 0 atom stereocenters. The number of aromatic nitrogens is 4. The number of nitrogens with two attached hydrogens (primary N) is 1. The van der Waals surface area contributed by atoms with E-state index >= 15 is 0 Å². The predicted molar refractivity (Wildman–Crippen MR) is 43.4 cm³/mol. The summed E-state index contributed by atoms with van der Waals surface area (Å²) in [6.07, 6.45) is 2.22. The van der Waals surface area contributed by atoms with E-state index in [0.717, 1.165) is 12.8 Å². The summed E-state index contributed by atoms with van der Waals surface area (Å²) in [6.45, 7) is 0.639. The molecule has 1 heterocycles. The van der Waals surface area contributed by atoms with Gasteiger partial charge in [-0.15, -0.1) is 0 Å². The van der Waals surface area contributed by atoms with Crippen molar-refractivity contribution in [2.24, 2.45) is 12.8 Å². The molecule has 3 N–H and O–H groups in total. The topological polar surface area (TPSA) is 81.7 Å². The second-order valence-electron chi connectivity index (χ2n) is 3.24. The van der Waals surface area contributed by atoms with Crippen LogP contribution in [0, 0.1) is 0 Å². The first kappa shape index (κ1) is 7.48. The normalized spacial score (nSPS) is 19.2. The summed E-state index contributed by atoms with van der Waals surface area (Å²) in [5.41, 5.74) is 5.67. The lowest BCUT2D eigenvalue weighted by Crippen LogP contribution is -2.32. The smallest absolute Gasteiger partial charge is 0.243 e. The average Bonchev–Trinajstić information content (AvgIpc) is 2.74. The van der Waals surface area contributed by atoms with Crippen LogP contribution in [0.2, 0.25) is 0 Å². The predicted octanol–water partition coefficient (Wildman–Crippen LogP) is -0.887. The first-order valence-corrected chi connectivity index (χ1v) is 3.96. The van der Waals surface area contributed by atoms with Gasteiger partial charge in [0.15, 0.2) is 0 Å². The fraction of sp³-hybridized carbons (Fsp3) is 0.833. The van der Waals surface area contributed by atoms with E-state index in [4.69, 9.17) is 5.73 Å². The quantitative estimate of drug-likeness (QED) is 0.612. The zero-order valence-electron chi connectivity index (χ0n) is 6.99. The van der Waals surface area contributed by atoms with Crippen molar-refractivity contribution in [3.05, 3.63) is 0 Å². The summed E-state index contributed by atoms with van der Waals surface area (Å²) in [5.74, 6) is 0.693. The molecule has 0 saturated heterocycles. The summed E-state index contributed by atoms with van der Waals surface area (Å²) < 4.78 is 1.61. The van der Waals surface area contributed by atoms with E-state index in [2.05, 4.69) is 20.8 Å². The maximum atomic E-state index is 5.60. The summed E-state index contributed by atoms with van der Waals surface area (Å²) in [5, 5.41) is 14.3. The number of anilines is 1. The van der Waals surface area contributed by atoms with Crippen molar-refractivity contribution >= 4 is 5.95 Å². The highest BCUT2D eigenvalue weighted by atomic mass is 15.6. The molecular weight excluding hydrogens is 156 g/mol. The fourth-order valence-corrected chi connectivity index (χ4v) is 1.10. The van der Waals surface area contributed by atoms with Crippen LogP contribution in [0.4, 0.5) is 5.95 Å². The number of tetrazole rings is 1. The Bertz CT molecular complexity index is 275. The maximum Gasteiger partial charge on any atom is 0.243 e. The molecule has 0 radical (unpaired) electrons. The van der Waals surface area contributed by atoms with Crippen molar-refractivity contribution in [2.45, 2.75) is 18.4 Å². The van der Waals surface area contributed by atoms with E-state index in [9.17, 15) is 0 Å². The lowest BCUT2D eigenvalue weighted by atomic mass is 10.3. The molecular formula is C6H12N6. The number of hydrogen-bond donors (Lipinski definition) is 2. The highest BCUT2D eigenvalue weighted by Crippen LogP contribution is 2.36. The number of hydrogen-bond acceptors (Lipinski definition) is 5. The van der Waals surface area contributed by atoms with Gasteiger partial charge in [-0.2, -0.15) is 0 Å². The Morgan fingerprint density at radius 2 is 2.42 bits per heavy atom. The Kier molecular flexibility index (Phi) is 1.50. The van der Waals surface area contributed by atoms with E-state index in [0.29, 0.717) is 12.5 Å². The van der Waals surface area contributed by atoms with Crippen LogP contribution in [-0.4, -0.2) is 32.3 Å². The molecule has 6 heteroatoms. The minimum Gasteiger partial charge on any atom is -0.346 e. The lowest BCUT2D eigenvalue weighted by Gasteiger charge is -2.13. The molecule has 12 heavy (non-hydrogen) atoms. The van der Waals surface area contributed by atoms with E-state index in [1.54, 1.807) is 11.7 Å². The van der Waals surface area contributed by atoms with Gasteiger partial charge < -0.3 is 11.1 Å². The van der Waals surface area contributed by atoms with Crippen LogP contribution in [0.15, 0.2) is 0 Å². The molecule has 1 aromatic heterocycles. The average molecular weight is 168 g/mol. The Morgan fingerprint density at radius 3 is 2.83 bits per heavy atom.